The number of halogens is 1. The molecule has 1 saturated heterocycles. The fourth-order valence-electron chi connectivity index (χ4n) is 2.46. The molecule has 4 heteroatoms. The van der Waals surface area contributed by atoms with Gasteiger partial charge in [-0.3, -0.25) is 9.69 Å². The van der Waals surface area contributed by atoms with E-state index in [1.807, 2.05) is 19.1 Å². The van der Waals surface area contributed by atoms with E-state index in [1.54, 1.807) is 6.07 Å². The highest BCUT2D eigenvalue weighted by atomic mass is 35.5. The van der Waals surface area contributed by atoms with Gasteiger partial charge in [0.05, 0.1) is 0 Å². The SMILES string of the molecule is Cc1cc(C(=O)CC(C)N2CCNCC2)ccc1Cl. The lowest BCUT2D eigenvalue weighted by Gasteiger charge is -2.32. The number of Topliss-reactive ketones (excluding diaryl/α,β-unsaturated/α-hetero) is 1. The number of aryl methyl sites for hydroxylation is 1. The minimum Gasteiger partial charge on any atom is -0.314 e. The molecule has 1 aromatic carbocycles. The van der Waals surface area contributed by atoms with Gasteiger partial charge in [0.2, 0.25) is 0 Å². The molecule has 3 nitrogen and oxygen atoms in total. The van der Waals surface area contributed by atoms with Gasteiger partial charge in [-0.2, -0.15) is 0 Å². The summed E-state index contributed by atoms with van der Waals surface area (Å²) >= 11 is 5.99. The summed E-state index contributed by atoms with van der Waals surface area (Å²) in [6, 6.07) is 5.81. The number of hydrogen-bond donors (Lipinski definition) is 1. The summed E-state index contributed by atoms with van der Waals surface area (Å²) in [5, 5.41) is 4.04. The van der Waals surface area contributed by atoms with Crippen molar-refractivity contribution in [3.8, 4) is 0 Å². The van der Waals surface area contributed by atoms with Crippen LogP contribution in [0.15, 0.2) is 18.2 Å². The summed E-state index contributed by atoms with van der Waals surface area (Å²) in [5.74, 6) is 0.200. The van der Waals surface area contributed by atoms with Gasteiger partial charge in [0, 0.05) is 49.2 Å². The molecule has 2 rings (SSSR count). The van der Waals surface area contributed by atoms with E-state index in [-0.39, 0.29) is 5.78 Å². The van der Waals surface area contributed by atoms with Gasteiger partial charge in [-0.1, -0.05) is 11.6 Å². The maximum Gasteiger partial charge on any atom is 0.164 e. The van der Waals surface area contributed by atoms with Crippen molar-refractivity contribution >= 4 is 17.4 Å². The summed E-state index contributed by atoms with van der Waals surface area (Å²) in [5.41, 5.74) is 1.73. The Morgan fingerprint density at radius 3 is 2.74 bits per heavy atom. The third-order valence-electron chi connectivity index (χ3n) is 3.74. The van der Waals surface area contributed by atoms with Crippen LogP contribution in [-0.4, -0.2) is 42.9 Å². The van der Waals surface area contributed by atoms with E-state index < -0.39 is 0 Å². The van der Waals surface area contributed by atoms with E-state index in [4.69, 9.17) is 11.6 Å². The average molecular weight is 281 g/mol. The van der Waals surface area contributed by atoms with Gasteiger partial charge in [-0.05, 0) is 37.6 Å². The van der Waals surface area contributed by atoms with Gasteiger partial charge in [0.25, 0.3) is 0 Å². The molecule has 0 saturated carbocycles. The number of carbonyl (C=O) groups excluding carboxylic acids is 1. The predicted molar refractivity (Wildman–Crippen MR) is 79.0 cm³/mol. The molecule has 0 bridgehead atoms. The van der Waals surface area contributed by atoms with Crippen LogP contribution in [0.25, 0.3) is 0 Å². The predicted octanol–water partition coefficient (Wildman–Crippen LogP) is 2.51. The van der Waals surface area contributed by atoms with Gasteiger partial charge in [0.15, 0.2) is 5.78 Å². The fourth-order valence-corrected chi connectivity index (χ4v) is 2.57. The molecule has 0 aromatic heterocycles. The first-order valence-electron chi connectivity index (χ1n) is 6.82. The minimum atomic E-state index is 0.200. The molecule has 0 spiro atoms. The zero-order valence-corrected chi connectivity index (χ0v) is 12.3. The monoisotopic (exact) mass is 280 g/mol. The number of piperazine rings is 1. The van der Waals surface area contributed by atoms with Crippen molar-refractivity contribution in [1.82, 2.24) is 10.2 Å². The highest BCUT2D eigenvalue weighted by molar-refractivity contribution is 6.31. The Hall–Kier alpha value is -0.900. The summed E-state index contributed by atoms with van der Waals surface area (Å²) in [4.78, 5) is 14.6. The number of carbonyl (C=O) groups is 1. The quantitative estimate of drug-likeness (QED) is 0.860. The fraction of sp³-hybridized carbons (Fsp3) is 0.533. The normalized spacial score (nSPS) is 18.3. The largest absolute Gasteiger partial charge is 0.314 e. The van der Waals surface area contributed by atoms with Crippen molar-refractivity contribution < 1.29 is 4.79 Å². The van der Waals surface area contributed by atoms with Gasteiger partial charge in [-0.15, -0.1) is 0 Å². The smallest absolute Gasteiger partial charge is 0.164 e. The van der Waals surface area contributed by atoms with Crippen molar-refractivity contribution in [2.24, 2.45) is 0 Å². The molecule has 0 aliphatic carbocycles. The highest BCUT2D eigenvalue weighted by Gasteiger charge is 2.19. The molecule has 1 aliphatic rings. The van der Waals surface area contributed by atoms with Crippen molar-refractivity contribution in [2.45, 2.75) is 26.3 Å². The lowest BCUT2D eigenvalue weighted by Crippen LogP contribution is -2.48. The van der Waals surface area contributed by atoms with E-state index in [2.05, 4.69) is 17.1 Å². The second-order valence-corrected chi connectivity index (χ2v) is 5.63. The lowest BCUT2D eigenvalue weighted by molar-refractivity contribution is 0.0918. The Kier molecular flexibility index (Phi) is 4.97. The summed E-state index contributed by atoms with van der Waals surface area (Å²) in [6.45, 7) is 8.13. The Morgan fingerprint density at radius 1 is 1.42 bits per heavy atom. The van der Waals surface area contributed by atoms with Crippen LogP contribution >= 0.6 is 11.6 Å². The molecule has 1 fully saturated rings. The zero-order valence-electron chi connectivity index (χ0n) is 11.6. The van der Waals surface area contributed by atoms with Crippen LogP contribution in [0.4, 0.5) is 0 Å². The number of ketones is 1. The van der Waals surface area contributed by atoms with E-state index >= 15 is 0 Å². The standard InChI is InChI=1S/C15H21ClN2O/c1-11-9-13(3-4-14(11)16)15(19)10-12(2)18-7-5-17-6-8-18/h3-4,9,12,17H,5-8,10H2,1-2H3. The molecule has 104 valence electrons. The molecule has 1 unspecified atom stereocenters. The molecule has 0 radical (unpaired) electrons. The van der Waals surface area contributed by atoms with Crippen molar-refractivity contribution in [2.75, 3.05) is 26.2 Å². The Bertz CT molecular complexity index is 455. The zero-order chi connectivity index (χ0) is 13.8. The number of hydrogen-bond acceptors (Lipinski definition) is 3. The van der Waals surface area contributed by atoms with Crippen molar-refractivity contribution in [3.63, 3.8) is 0 Å². The highest BCUT2D eigenvalue weighted by Crippen LogP contribution is 2.18. The van der Waals surface area contributed by atoms with E-state index in [0.717, 1.165) is 37.3 Å². The third kappa shape index (κ3) is 3.78. The molecule has 1 heterocycles. The van der Waals surface area contributed by atoms with Gasteiger partial charge in [0.1, 0.15) is 0 Å². The number of benzene rings is 1. The van der Waals surface area contributed by atoms with Gasteiger partial charge in [-0.25, -0.2) is 0 Å². The first-order chi connectivity index (χ1) is 9.08. The average Bonchev–Trinajstić information content (AvgIpc) is 2.42. The van der Waals surface area contributed by atoms with Crippen LogP contribution in [0.1, 0.15) is 29.3 Å². The van der Waals surface area contributed by atoms with Crippen LogP contribution in [0.5, 0.6) is 0 Å². The molecule has 1 N–H and O–H groups in total. The molecule has 1 aliphatic heterocycles. The van der Waals surface area contributed by atoms with Crippen molar-refractivity contribution in [3.05, 3.63) is 34.3 Å². The maximum absolute atomic E-state index is 12.3. The van der Waals surface area contributed by atoms with E-state index in [9.17, 15) is 4.79 Å². The first-order valence-corrected chi connectivity index (χ1v) is 7.20. The Morgan fingerprint density at radius 2 is 2.11 bits per heavy atom. The van der Waals surface area contributed by atoms with Crippen LogP contribution < -0.4 is 5.32 Å². The number of nitrogens with zero attached hydrogens (tertiary/aromatic N) is 1. The summed E-state index contributed by atoms with van der Waals surface area (Å²) in [6.07, 6.45) is 0.571. The first kappa shape index (κ1) is 14.5. The summed E-state index contributed by atoms with van der Waals surface area (Å²) < 4.78 is 0. The van der Waals surface area contributed by atoms with Crippen LogP contribution in [0.2, 0.25) is 5.02 Å². The lowest BCUT2D eigenvalue weighted by atomic mass is 10.0. The topological polar surface area (TPSA) is 32.3 Å². The maximum atomic E-state index is 12.3. The molecular formula is C15H21ClN2O. The van der Waals surface area contributed by atoms with Crippen LogP contribution in [0.3, 0.4) is 0 Å². The molecular weight excluding hydrogens is 260 g/mol. The van der Waals surface area contributed by atoms with Crippen LogP contribution in [-0.2, 0) is 0 Å². The number of rotatable bonds is 4. The second kappa shape index (κ2) is 6.51. The Balaban J connectivity index is 1.97. The minimum absolute atomic E-state index is 0.200. The van der Waals surface area contributed by atoms with Crippen LogP contribution in [0, 0.1) is 6.92 Å². The van der Waals surface area contributed by atoms with E-state index in [1.165, 1.54) is 0 Å². The number of nitrogens with one attached hydrogen (secondary N) is 1. The molecule has 0 amide bonds. The molecule has 19 heavy (non-hydrogen) atoms. The van der Waals surface area contributed by atoms with E-state index in [0.29, 0.717) is 17.5 Å². The van der Waals surface area contributed by atoms with Gasteiger partial charge >= 0.3 is 0 Å². The second-order valence-electron chi connectivity index (χ2n) is 5.23. The van der Waals surface area contributed by atoms with Gasteiger partial charge < -0.3 is 5.32 Å². The van der Waals surface area contributed by atoms with Crippen molar-refractivity contribution in [1.29, 1.82) is 0 Å². The third-order valence-corrected chi connectivity index (χ3v) is 4.16. The molecule has 1 aromatic rings. The summed E-state index contributed by atoms with van der Waals surface area (Å²) in [7, 11) is 0. The Labute approximate surface area is 119 Å². The molecule has 1 atom stereocenters.